The molecule has 0 amide bonds. The normalized spacial score (nSPS) is 19.6. The molecule has 0 atom stereocenters. The minimum absolute atomic E-state index is 0.971. The standard InChI is InChI=1S/C29H40/c1-2-10-25-15-19-28(20-16-25)23-24-29-21-17-27(18-22-29)14-7-4-3-6-11-26-12-8-5-9-13-26/h5,7-9,12-14,17-18,21-22,25,28H,2-4,6,10-11,15-16,19-20,23-24H2,1H3. The maximum Gasteiger partial charge on any atom is -0.0260 e. The van der Waals surface area contributed by atoms with E-state index < -0.39 is 0 Å². The Labute approximate surface area is 179 Å². The lowest BCUT2D eigenvalue weighted by atomic mass is 9.78. The lowest BCUT2D eigenvalue weighted by Gasteiger charge is -2.28. The third kappa shape index (κ3) is 8.21. The summed E-state index contributed by atoms with van der Waals surface area (Å²) in [7, 11) is 0. The summed E-state index contributed by atoms with van der Waals surface area (Å²) in [6, 6.07) is 20.1. The van der Waals surface area contributed by atoms with Crippen LogP contribution in [0.4, 0.5) is 0 Å². The van der Waals surface area contributed by atoms with Gasteiger partial charge in [0.05, 0.1) is 0 Å². The fourth-order valence-corrected chi connectivity index (χ4v) is 4.84. The molecule has 0 saturated heterocycles. The number of unbranched alkanes of at least 4 members (excludes halogenated alkanes) is 2. The van der Waals surface area contributed by atoms with Crippen LogP contribution in [0.2, 0.25) is 0 Å². The van der Waals surface area contributed by atoms with Gasteiger partial charge in [-0.2, -0.15) is 0 Å². The number of hydrogen-bond donors (Lipinski definition) is 0. The predicted octanol–water partition coefficient (Wildman–Crippen LogP) is 8.65. The van der Waals surface area contributed by atoms with Crippen molar-refractivity contribution in [1.82, 2.24) is 0 Å². The Kier molecular flexibility index (Phi) is 9.57. The van der Waals surface area contributed by atoms with E-state index in [9.17, 15) is 0 Å². The van der Waals surface area contributed by atoms with Crippen LogP contribution in [0.3, 0.4) is 0 Å². The quantitative estimate of drug-likeness (QED) is 0.338. The zero-order chi connectivity index (χ0) is 20.2. The summed E-state index contributed by atoms with van der Waals surface area (Å²) >= 11 is 0. The fraction of sp³-hybridized carbons (Fsp3) is 0.517. The Hall–Kier alpha value is -1.82. The number of aryl methyl sites for hydroxylation is 2. The van der Waals surface area contributed by atoms with Crippen LogP contribution in [0.5, 0.6) is 0 Å². The predicted molar refractivity (Wildman–Crippen MR) is 128 cm³/mol. The molecule has 1 aliphatic carbocycles. The molecule has 156 valence electrons. The van der Waals surface area contributed by atoms with Gasteiger partial charge in [0.1, 0.15) is 0 Å². The van der Waals surface area contributed by atoms with E-state index in [-0.39, 0.29) is 0 Å². The van der Waals surface area contributed by atoms with Crippen LogP contribution >= 0.6 is 0 Å². The van der Waals surface area contributed by atoms with Crippen LogP contribution < -0.4 is 0 Å². The second kappa shape index (κ2) is 12.7. The molecule has 0 heterocycles. The van der Waals surface area contributed by atoms with Crippen molar-refractivity contribution in [2.75, 3.05) is 0 Å². The Morgan fingerprint density at radius 2 is 1.38 bits per heavy atom. The molecule has 0 spiro atoms. The van der Waals surface area contributed by atoms with Gasteiger partial charge in [-0.1, -0.05) is 112 Å². The molecule has 0 radical (unpaired) electrons. The maximum atomic E-state index is 2.35. The molecule has 0 bridgehead atoms. The molecule has 0 N–H and O–H groups in total. The number of allylic oxidation sites excluding steroid dienone is 1. The first-order valence-corrected chi connectivity index (χ1v) is 12.1. The first-order valence-electron chi connectivity index (χ1n) is 12.1. The fourth-order valence-electron chi connectivity index (χ4n) is 4.84. The van der Waals surface area contributed by atoms with Crippen LogP contribution in [-0.2, 0) is 12.8 Å². The van der Waals surface area contributed by atoms with Crippen molar-refractivity contribution in [2.45, 2.75) is 84.0 Å². The van der Waals surface area contributed by atoms with E-state index >= 15 is 0 Å². The average Bonchev–Trinajstić information content (AvgIpc) is 2.77. The van der Waals surface area contributed by atoms with Gasteiger partial charge in [0, 0.05) is 0 Å². The van der Waals surface area contributed by atoms with Gasteiger partial charge in [0.25, 0.3) is 0 Å². The van der Waals surface area contributed by atoms with Gasteiger partial charge in [0.15, 0.2) is 0 Å². The molecular formula is C29H40. The number of benzene rings is 2. The summed E-state index contributed by atoms with van der Waals surface area (Å²) < 4.78 is 0. The van der Waals surface area contributed by atoms with Gasteiger partial charge < -0.3 is 0 Å². The van der Waals surface area contributed by atoms with Crippen molar-refractivity contribution < 1.29 is 0 Å². The Morgan fingerprint density at radius 3 is 2.07 bits per heavy atom. The number of hydrogen-bond acceptors (Lipinski definition) is 0. The minimum Gasteiger partial charge on any atom is -0.0839 e. The SMILES string of the molecule is CCCC1CCC(CCc2ccc(C=CCCCCc3ccccc3)cc2)CC1. The highest BCUT2D eigenvalue weighted by atomic mass is 14.3. The van der Waals surface area contributed by atoms with Crippen molar-refractivity contribution in [1.29, 1.82) is 0 Å². The molecule has 2 aromatic carbocycles. The first kappa shape index (κ1) is 21.9. The summed E-state index contributed by atoms with van der Waals surface area (Å²) in [6.07, 6.45) is 20.9. The lowest BCUT2D eigenvalue weighted by Crippen LogP contribution is -2.15. The van der Waals surface area contributed by atoms with E-state index in [4.69, 9.17) is 0 Å². The molecule has 0 aromatic heterocycles. The van der Waals surface area contributed by atoms with E-state index in [1.807, 2.05) is 0 Å². The highest BCUT2D eigenvalue weighted by Gasteiger charge is 2.20. The van der Waals surface area contributed by atoms with Crippen LogP contribution in [0.15, 0.2) is 60.7 Å². The van der Waals surface area contributed by atoms with Gasteiger partial charge in [0.2, 0.25) is 0 Å². The highest BCUT2D eigenvalue weighted by molar-refractivity contribution is 5.49. The summed E-state index contributed by atoms with van der Waals surface area (Å²) in [5.41, 5.74) is 4.32. The van der Waals surface area contributed by atoms with E-state index in [0.717, 1.165) is 11.8 Å². The highest BCUT2D eigenvalue weighted by Crippen LogP contribution is 2.33. The van der Waals surface area contributed by atoms with Crippen molar-refractivity contribution in [3.05, 3.63) is 77.4 Å². The molecule has 0 nitrogen and oxygen atoms in total. The van der Waals surface area contributed by atoms with E-state index in [2.05, 4.69) is 73.7 Å². The lowest BCUT2D eigenvalue weighted by molar-refractivity contribution is 0.252. The van der Waals surface area contributed by atoms with Gasteiger partial charge in [-0.15, -0.1) is 0 Å². The summed E-state index contributed by atoms with van der Waals surface area (Å²) in [6.45, 7) is 2.33. The summed E-state index contributed by atoms with van der Waals surface area (Å²) in [5.74, 6) is 2.00. The Morgan fingerprint density at radius 1 is 0.724 bits per heavy atom. The topological polar surface area (TPSA) is 0 Å². The van der Waals surface area contributed by atoms with E-state index in [1.54, 1.807) is 0 Å². The molecule has 1 fully saturated rings. The largest absolute Gasteiger partial charge is 0.0839 e. The van der Waals surface area contributed by atoms with Gasteiger partial charge in [-0.05, 0) is 67.1 Å². The monoisotopic (exact) mass is 388 g/mol. The minimum atomic E-state index is 0.971. The van der Waals surface area contributed by atoms with Gasteiger partial charge >= 0.3 is 0 Å². The van der Waals surface area contributed by atoms with Gasteiger partial charge in [-0.3, -0.25) is 0 Å². The second-order valence-electron chi connectivity index (χ2n) is 9.09. The number of rotatable bonds is 11. The molecule has 2 aromatic rings. The first-order chi connectivity index (χ1) is 14.3. The maximum absolute atomic E-state index is 2.35. The van der Waals surface area contributed by atoms with Crippen LogP contribution in [0.25, 0.3) is 6.08 Å². The molecule has 29 heavy (non-hydrogen) atoms. The van der Waals surface area contributed by atoms with Crippen molar-refractivity contribution in [3.8, 4) is 0 Å². The molecule has 1 aliphatic rings. The third-order valence-electron chi connectivity index (χ3n) is 6.72. The second-order valence-corrected chi connectivity index (χ2v) is 9.09. The average molecular weight is 389 g/mol. The molecule has 0 heteroatoms. The van der Waals surface area contributed by atoms with Crippen molar-refractivity contribution in [2.24, 2.45) is 11.8 Å². The smallest absolute Gasteiger partial charge is 0.0260 e. The third-order valence-corrected chi connectivity index (χ3v) is 6.72. The van der Waals surface area contributed by atoms with E-state index in [1.165, 1.54) is 93.7 Å². The molecule has 3 rings (SSSR count). The molecule has 1 saturated carbocycles. The molecular weight excluding hydrogens is 348 g/mol. The molecule has 0 aliphatic heterocycles. The van der Waals surface area contributed by atoms with Crippen molar-refractivity contribution >= 4 is 6.08 Å². The zero-order valence-electron chi connectivity index (χ0n) is 18.5. The van der Waals surface area contributed by atoms with Crippen molar-refractivity contribution in [3.63, 3.8) is 0 Å². The zero-order valence-corrected chi connectivity index (χ0v) is 18.5. The van der Waals surface area contributed by atoms with Crippen LogP contribution in [0, 0.1) is 11.8 Å². The Balaban J connectivity index is 1.30. The van der Waals surface area contributed by atoms with Crippen LogP contribution in [0.1, 0.15) is 87.8 Å². The Bertz CT molecular complexity index is 687. The van der Waals surface area contributed by atoms with Crippen LogP contribution in [-0.4, -0.2) is 0 Å². The van der Waals surface area contributed by atoms with E-state index in [0.29, 0.717) is 0 Å². The molecule has 0 unspecified atom stereocenters. The van der Waals surface area contributed by atoms with Gasteiger partial charge in [-0.25, -0.2) is 0 Å². The summed E-state index contributed by atoms with van der Waals surface area (Å²) in [4.78, 5) is 0. The summed E-state index contributed by atoms with van der Waals surface area (Å²) in [5, 5.41) is 0.